The van der Waals surface area contributed by atoms with Crippen LogP contribution < -0.4 is 11.1 Å². The number of ether oxygens (including phenoxy) is 1. The number of aromatic nitrogens is 1. The van der Waals surface area contributed by atoms with E-state index in [-0.39, 0.29) is 23.7 Å². The zero-order valence-corrected chi connectivity index (χ0v) is 12.2. The molecule has 0 aliphatic rings. The summed E-state index contributed by atoms with van der Waals surface area (Å²) in [6.07, 6.45) is -2.83. The van der Waals surface area contributed by atoms with Crippen molar-refractivity contribution < 1.29 is 22.7 Å². The number of pyridine rings is 1. The predicted octanol–water partition coefficient (Wildman–Crippen LogP) is 2.04. The normalized spacial score (nSPS) is 11.7. The Morgan fingerprint density at radius 3 is 2.61 bits per heavy atom. The molecule has 0 aliphatic heterocycles. The standard InChI is InChI=1S/C14H15F3N4O2/c1-3-23-13(22)11(6-12(18)19)21-8(2)10-5-4-9(7-20-10)14(15,16)17/h4-7,21H,2-3H2,1H3,(H3,18,19). The van der Waals surface area contributed by atoms with Crippen molar-refractivity contribution in [1.82, 2.24) is 10.3 Å². The van der Waals surface area contributed by atoms with Gasteiger partial charge in [0.05, 0.1) is 23.6 Å². The maximum atomic E-state index is 12.5. The molecule has 0 radical (unpaired) electrons. The number of amidine groups is 1. The Balaban J connectivity index is 2.95. The van der Waals surface area contributed by atoms with Gasteiger partial charge in [-0.2, -0.15) is 13.2 Å². The van der Waals surface area contributed by atoms with Crippen LogP contribution in [0.4, 0.5) is 13.2 Å². The van der Waals surface area contributed by atoms with Crippen LogP contribution in [0.15, 0.2) is 36.7 Å². The lowest BCUT2D eigenvalue weighted by atomic mass is 10.2. The quantitative estimate of drug-likeness (QED) is 0.321. The molecule has 0 unspecified atom stereocenters. The Bertz CT molecular complexity index is 636. The third-order valence-corrected chi connectivity index (χ3v) is 2.48. The first kappa shape index (κ1) is 18.2. The van der Waals surface area contributed by atoms with Gasteiger partial charge >= 0.3 is 12.1 Å². The number of esters is 1. The maximum Gasteiger partial charge on any atom is 0.417 e. The Labute approximate surface area is 130 Å². The average molecular weight is 328 g/mol. The van der Waals surface area contributed by atoms with Crippen molar-refractivity contribution in [1.29, 1.82) is 5.41 Å². The molecular formula is C14H15F3N4O2. The van der Waals surface area contributed by atoms with Gasteiger partial charge in [0.15, 0.2) is 0 Å². The number of rotatable bonds is 6. The Hall–Kier alpha value is -2.84. The van der Waals surface area contributed by atoms with Crippen molar-refractivity contribution in [2.45, 2.75) is 13.1 Å². The van der Waals surface area contributed by atoms with Gasteiger partial charge in [-0.15, -0.1) is 0 Å². The van der Waals surface area contributed by atoms with E-state index in [2.05, 4.69) is 16.9 Å². The molecule has 0 saturated carbocycles. The lowest BCUT2D eigenvalue weighted by molar-refractivity contribution is -0.139. The van der Waals surface area contributed by atoms with Gasteiger partial charge in [0.25, 0.3) is 0 Å². The molecule has 0 spiro atoms. The van der Waals surface area contributed by atoms with E-state index in [1.54, 1.807) is 6.92 Å². The second kappa shape index (κ2) is 7.43. The van der Waals surface area contributed by atoms with Crippen LogP contribution in [0.2, 0.25) is 0 Å². The van der Waals surface area contributed by atoms with Gasteiger partial charge in [-0.1, -0.05) is 6.58 Å². The molecule has 0 fully saturated rings. The van der Waals surface area contributed by atoms with Crippen LogP contribution >= 0.6 is 0 Å². The van der Waals surface area contributed by atoms with Gasteiger partial charge in [0.1, 0.15) is 11.5 Å². The first-order valence-electron chi connectivity index (χ1n) is 6.37. The predicted molar refractivity (Wildman–Crippen MR) is 78.0 cm³/mol. The molecule has 1 heterocycles. The third-order valence-electron chi connectivity index (χ3n) is 2.48. The van der Waals surface area contributed by atoms with Gasteiger partial charge in [0.2, 0.25) is 0 Å². The topological polar surface area (TPSA) is 101 Å². The number of hydrogen-bond donors (Lipinski definition) is 3. The van der Waals surface area contributed by atoms with Crippen LogP contribution in [-0.4, -0.2) is 23.4 Å². The smallest absolute Gasteiger partial charge is 0.417 e. The summed E-state index contributed by atoms with van der Waals surface area (Å²) in [6.45, 7) is 5.28. The molecule has 6 nitrogen and oxygen atoms in total. The number of hydrogen-bond acceptors (Lipinski definition) is 5. The first-order valence-corrected chi connectivity index (χ1v) is 6.37. The average Bonchev–Trinajstić information content (AvgIpc) is 2.45. The molecule has 1 rings (SSSR count). The fraction of sp³-hybridized carbons (Fsp3) is 0.214. The van der Waals surface area contributed by atoms with Crippen LogP contribution in [0.25, 0.3) is 5.70 Å². The van der Waals surface area contributed by atoms with Crippen LogP contribution in [-0.2, 0) is 15.7 Å². The molecule has 4 N–H and O–H groups in total. The minimum absolute atomic E-state index is 0.0549. The second-order valence-electron chi connectivity index (χ2n) is 4.27. The van der Waals surface area contributed by atoms with E-state index in [1.807, 2.05) is 0 Å². The fourth-order valence-electron chi connectivity index (χ4n) is 1.48. The molecular weight excluding hydrogens is 313 g/mol. The lowest BCUT2D eigenvalue weighted by Crippen LogP contribution is -2.24. The number of nitrogens with two attached hydrogens (primary N) is 1. The van der Waals surface area contributed by atoms with Crippen molar-refractivity contribution in [2.24, 2.45) is 5.73 Å². The summed E-state index contributed by atoms with van der Waals surface area (Å²) in [5.41, 5.74) is 4.27. The molecule has 1 aromatic rings. The molecule has 1 aromatic heterocycles. The SMILES string of the molecule is C=C(NC(=CC(=N)N)C(=O)OCC)c1ccc(C(F)(F)F)cn1. The number of carbonyl (C=O) groups excluding carboxylic acids is 1. The summed E-state index contributed by atoms with van der Waals surface area (Å²) < 4.78 is 42.2. The molecule has 0 atom stereocenters. The van der Waals surface area contributed by atoms with Crippen LogP contribution in [0, 0.1) is 5.41 Å². The van der Waals surface area contributed by atoms with Gasteiger partial charge in [-0.25, -0.2) is 4.79 Å². The van der Waals surface area contributed by atoms with Gasteiger partial charge < -0.3 is 15.8 Å². The Morgan fingerprint density at radius 2 is 2.17 bits per heavy atom. The summed E-state index contributed by atoms with van der Waals surface area (Å²) in [5, 5.41) is 9.71. The number of halogens is 3. The van der Waals surface area contributed by atoms with Crippen LogP contribution in [0.5, 0.6) is 0 Å². The van der Waals surface area contributed by atoms with Gasteiger partial charge in [0, 0.05) is 12.3 Å². The van der Waals surface area contributed by atoms with Crippen molar-refractivity contribution in [3.63, 3.8) is 0 Å². The molecule has 124 valence electrons. The van der Waals surface area contributed by atoms with Crippen LogP contribution in [0.3, 0.4) is 0 Å². The van der Waals surface area contributed by atoms with E-state index in [0.29, 0.717) is 6.20 Å². The van der Waals surface area contributed by atoms with E-state index in [4.69, 9.17) is 15.9 Å². The van der Waals surface area contributed by atoms with E-state index in [1.165, 1.54) is 0 Å². The lowest BCUT2D eigenvalue weighted by Gasteiger charge is -2.13. The fourth-order valence-corrected chi connectivity index (χ4v) is 1.48. The molecule has 23 heavy (non-hydrogen) atoms. The molecule has 0 bridgehead atoms. The van der Waals surface area contributed by atoms with Crippen molar-refractivity contribution >= 4 is 17.5 Å². The van der Waals surface area contributed by atoms with E-state index < -0.39 is 23.5 Å². The van der Waals surface area contributed by atoms with Gasteiger partial charge in [-0.05, 0) is 19.1 Å². The number of nitrogens with zero attached hydrogens (tertiary/aromatic N) is 1. The Morgan fingerprint density at radius 1 is 1.52 bits per heavy atom. The Kier molecular flexibility index (Phi) is 5.88. The van der Waals surface area contributed by atoms with Crippen molar-refractivity contribution in [2.75, 3.05) is 6.61 Å². The highest BCUT2D eigenvalue weighted by molar-refractivity contribution is 5.99. The monoisotopic (exact) mass is 328 g/mol. The zero-order chi connectivity index (χ0) is 17.6. The first-order chi connectivity index (χ1) is 10.6. The van der Waals surface area contributed by atoms with E-state index >= 15 is 0 Å². The molecule has 9 heteroatoms. The summed E-state index contributed by atoms with van der Waals surface area (Å²) >= 11 is 0. The number of alkyl halides is 3. The maximum absolute atomic E-state index is 12.5. The summed E-state index contributed by atoms with van der Waals surface area (Å²) in [5.74, 6) is -1.19. The molecule has 0 saturated heterocycles. The second-order valence-corrected chi connectivity index (χ2v) is 4.27. The van der Waals surface area contributed by atoms with E-state index in [9.17, 15) is 18.0 Å². The highest BCUT2D eigenvalue weighted by Crippen LogP contribution is 2.28. The number of nitrogens with one attached hydrogen (secondary N) is 2. The summed E-state index contributed by atoms with van der Waals surface area (Å²) in [6, 6.07) is 1.95. The highest BCUT2D eigenvalue weighted by atomic mass is 19.4. The molecule has 0 aliphatic carbocycles. The highest BCUT2D eigenvalue weighted by Gasteiger charge is 2.30. The van der Waals surface area contributed by atoms with Crippen molar-refractivity contribution in [3.05, 3.63) is 47.9 Å². The molecule has 0 amide bonds. The minimum Gasteiger partial charge on any atom is -0.461 e. The van der Waals surface area contributed by atoms with Crippen molar-refractivity contribution in [3.8, 4) is 0 Å². The summed E-state index contributed by atoms with van der Waals surface area (Å²) in [7, 11) is 0. The molecule has 0 aromatic carbocycles. The summed E-state index contributed by atoms with van der Waals surface area (Å²) in [4.78, 5) is 15.4. The third kappa shape index (κ3) is 5.46. The number of carbonyl (C=O) groups is 1. The largest absolute Gasteiger partial charge is 0.461 e. The zero-order valence-electron chi connectivity index (χ0n) is 12.2. The van der Waals surface area contributed by atoms with Crippen LogP contribution in [0.1, 0.15) is 18.2 Å². The minimum atomic E-state index is -4.50. The van der Waals surface area contributed by atoms with Gasteiger partial charge in [-0.3, -0.25) is 10.4 Å². The van der Waals surface area contributed by atoms with E-state index in [0.717, 1.165) is 18.2 Å².